The molecule has 2 aliphatic rings. The second kappa shape index (κ2) is 13.2. The molecule has 2 aromatic carbocycles. The minimum atomic E-state index is -4.50. The fourth-order valence-corrected chi connectivity index (χ4v) is 7.25. The number of hydrogen-bond donors (Lipinski definition) is 3. The van der Waals surface area contributed by atoms with Gasteiger partial charge in [-0.1, -0.05) is 68.9 Å². The van der Waals surface area contributed by atoms with Crippen molar-refractivity contribution in [3.05, 3.63) is 91.8 Å². The fraction of sp³-hybridized carbons (Fsp3) is 0.457. The van der Waals surface area contributed by atoms with E-state index in [1.165, 1.54) is 15.2 Å². The van der Waals surface area contributed by atoms with E-state index in [4.69, 9.17) is 4.99 Å². The Hall–Kier alpha value is -4.28. The maximum Gasteiger partial charge on any atom is 0.418 e. The second-order valence-electron chi connectivity index (χ2n) is 12.5. The van der Waals surface area contributed by atoms with Gasteiger partial charge in [-0.3, -0.25) is 18.9 Å². The number of amidine groups is 1. The third kappa shape index (κ3) is 6.24. The maximum absolute atomic E-state index is 14.3. The normalized spacial score (nSPS) is 17.1. The van der Waals surface area contributed by atoms with Crippen LogP contribution in [0.15, 0.2) is 63.1 Å². The van der Waals surface area contributed by atoms with Crippen LogP contribution in [-0.2, 0) is 12.6 Å². The predicted molar refractivity (Wildman–Crippen MR) is 174 cm³/mol. The van der Waals surface area contributed by atoms with E-state index >= 15 is 0 Å². The van der Waals surface area contributed by atoms with E-state index < -0.39 is 28.9 Å². The zero-order valence-corrected chi connectivity index (χ0v) is 26.0. The van der Waals surface area contributed by atoms with Crippen LogP contribution in [0.1, 0.15) is 98.7 Å². The van der Waals surface area contributed by atoms with Gasteiger partial charge in [-0.15, -0.1) is 0 Å². The van der Waals surface area contributed by atoms with E-state index in [9.17, 15) is 27.9 Å². The van der Waals surface area contributed by atoms with Gasteiger partial charge in [-0.25, -0.2) is 4.79 Å². The average molecular weight is 636 g/mol. The monoisotopic (exact) mass is 635 g/mol. The number of aryl methyl sites for hydroxylation is 1. The molecule has 6 rings (SSSR count). The number of para-hydroxylation sites is 2. The molecule has 0 radical (unpaired) electrons. The van der Waals surface area contributed by atoms with Crippen molar-refractivity contribution in [3.63, 3.8) is 0 Å². The van der Waals surface area contributed by atoms with Gasteiger partial charge in [0.2, 0.25) is 5.88 Å². The number of aromatic amines is 1. The van der Waals surface area contributed by atoms with E-state index in [2.05, 4.69) is 10.3 Å². The molecule has 2 fully saturated rings. The number of aromatic nitrogens is 3. The van der Waals surface area contributed by atoms with Gasteiger partial charge in [-0.05, 0) is 62.8 Å². The summed E-state index contributed by atoms with van der Waals surface area (Å²) in [6.07, 6.45) is 4.46. The van der Waals surface area contributed by atoms with Crippen molar-refractivity contribution in [1.82, 2.24) is 14.1 Å². The Morgan fingerprint density at radius 1 is 0.913 bits per heavy atom. The third-order valence-electron chi connectivity index (χ3n) is 9.54. The van der Waals surface area contributed by atoms with Crippen LogP contribution in [0.2, 0.25) is 0 Å². The summed E-state index contributed by atoms with van der Waals surface area (Å²) in [5.74, 6) is -0.273. The number of aromatic hydroxyl groups is 1. The molecule has 2 aromatic heterocycles. The first kappa shape index (κ1) is 31.7. The number of halogens is 3. The Balaban J connectivity index is 1.46. The molecule has 8 nitrogen and oxygen atoms in total. The molecular weight excluding hydrogens is 595 g/mol. The van der Waals surface area contributed by atoms with Crippen molar-refractivity contribution in [2.45, 2.75) is 95.8 Å². The minimum Gasteiger partial charge on any atom is -0.494 e. The van der Waals surface area contributed by atoms with E-state index in [1.807, 2.05) is 30.3 Å². The molecule has 2 heterocycles. The molecule has 11 heteroatoms. The highest BCUT2D eigenvalue weighted by molar-refractivity contribution is 6.09. The first-order valence-electron chi connectivity index (χ1n) is 16.3. The van der Waals surface area contributed by atoms with Crippen LogP contribution in [0.4, 0.5) is 18.9 Å². The number of alkyl halides is 3. The van der Waals surface area contributed by atoms with E-state index in [-0.39, 0.29) is 42.0 Å². The number of fused-ring (bicyclic) bond motifs is 1. The van der Waals surface area contributed by atoms with Gasteiger partial charge in [0, 0.05) is 35.4 Å². The Morgan fingerprint density at radius 3 is 2.17 bits per heavy atom. The molecule has 2 aliphatic carbocycles. The van der Waals surface area contributed by atoms with E-state index in [1.54, 1.807) is 13.0 Å². The third-order valence-corrected chi connectivity index (χ3v) is 9.54. The van der Waals surface area contributed by atoms with Crippen LogP contribution in [0, 0.1) is 6.92 Å². The number of aliphatic imine (C=N–C) groups is 1. The van der Waals surface area contributed by atoms with Crippen LogP contribution in [0.25, 0.3) is 10.9 Å². The van der Waals surface area contributed by atoms with Crippen molar-refractivity contribution in [3.8, 4) is 5.88 Å². The zero-order chi connectivity index (χ0) is 32.4. The highest BCUT2D eigenvalue weighted by Gasteiger charge is 2.34. The summed E-state index contributed by atoms with van der Waals surface area (Å²) in [6.45, 7) is 1.85. The van der Waals surface area contributed by atoms with Gasteiger partial charge in [0.1, 0.15) is 11.4 Å². The number of nitrogens with zero attached hydrogens (tertiary/aromatic N) is 3. The topological polar surface area (TPSA) is 104 Å². The summed E-state index contributed by atoms with van der Waals surface area (Å²) in [6, 6.07) is 12.8. The SMILES string of the molecule is Cc1[nH]c2c(C(F)(F)F)cccc2c1CCN=C(Nc1ccccc1)c1c(O)n(C2CCCCC2)c(=O)n(C2CCCCC2)c1=O. The number of H-pyrrole nitrogens is 1. The lowest BCUT2D eigenvalue weighted by Crippen LogP contribution is -2.47. The molecule has 3 N–H and O–H groups in total. The Morgan fingerprint density at radius 2 is 1.54 bits per heavy atom. The summed E-state index contributed by atoms with van der Waals surface area (Å²) in [7, 11) is 0. The molecule has 4 aromatic rings. The number of hydrogen-bond acceptors (Lipinski definition) is 4. The van der Waals surface area contributed by atoms with E-state index in [0.29, 0.717) is 35.2 Å². The molecule has 0 spiro atoms. The summed E-state index contributed by atoms with van der Waals surface area (Å²) < 4.78 is 43.9. The summed E-state index contributed by atoms with van der Waals surface area (Å²) in [5, 5.41) is 15.5. The number of benzene rings is 2. The molecular formula is C35H40F3N5O3. The molecule has 2 saturated carbocycles. The van der Waals surface area contributed by atoms with Crippen molar-refractivity contribution in [2.24, 2.45) is 4.99 Å². The first-order chi connectivity index (χ1) is 22.1. The lowest BCUT2D eigenvalue weighted by atomic mass is 9.94. The van der Waals surface area contributed by atoms with Gasteiger partial charge in [-0.2, -0.15) is 13.2 Å². The summed E-state index contributed by atoms with van der Waals surface area (Å²) >= 11 is 0. The van der Waals surface area contributed by atoms with Gasteiger partial charge in [0.25, 0.3) is 5.56 Å². The first-order valence-corrected chi connectivity index (χ1v) is 16.3. The standard InChI is InChI=1S/C35H40F3N5O3/c1-22-26(27-18-11-19-28(30(27)40-22)35(36,37)38)20-21-39-31(41-23-12-5-2-6-13-23)29-32(44)42(24-14-7-3-8-15-24)34(46)43(33(29)45)25-16-9-4-10-17-25/h2,5-6,11-13,18-19,24-25,40,44H,3-4,7-10,14-17,20-21H2,1H3,(H,39,41). The van der Waals surface area contributed by atoms with Crippen LogP contribution < -0.4 is 16.6 Å². The maximum atomic E-state index is 14.3. The fourth-order valence-electron chi connectivity index (χ4n) is 7.25. The molecule has 0 unspecified atom stereocenters. The quantitative estimate of drug-likeness (QED) is 0.143. The number of anilines is 1. The second-order valence-corrected chi connectivity index (χ2v) is 12.5. The van der Waals surface area contributed by atoms with Crippen molar-refractivity contribution >= 4 is 22.4 Å². The lowest BCUT2D eigenvalue weighted by Gasteiger charge is -2.29. The minimum absolute atomic E-state index is 0.0293. The molecule has 0 amide bonds. The average Bonchev–Trinajstić information content (AvgIpc) is 3.36. The lowest BCUT2D eigenvalue weighted by molar-refractivity contribution is -0.136. The van der Waals surface area contributed by atoms with E-state index in [0.717, 1.165) is 57.4 Å². The van der Waals surface area contributed by atoms with Crippen molar-refractivity contribution in [2.75, 3.05) is 11.9 Å². The highest BCUT2D eigenvalue weighted by atomic mass is 19.4. The largest absolute Gasteiger partial charge is 0.494 e. The molecule has 0 bridgehead atoms. The van der Waals surface area contributed by atoms with Gasteiger partial charge < -0.3 is 15.4 Å². The Kier molecular flexibility index (Phi) is 9.11. The van der Waals surface area contributed by atoms with Gasteiger partial charge >= 0.3 is 11.9 Å². The number of nitrogens with one attached hydrogen (secondary N) is 2. The molecule has 0 aliphatic heterocycles. The Bertz CT molecular complexity index is 1840. The van der Waals surface area contributed by atoms with Crippen LogP contribution in [0.5, 0.6) is 5.88 Å². The van der Waals surface area contributed by atoms with Crippen molar-refractivity contribution < 1.29 is 18.3 Å². The zero-order valence-electron chi connectivity index (χ0n) is 26.0. The van der Waals surface area contributed by atoms with Gasteiger partial charge in [0.15, 0.2) is 0 Å². The van der Waals surface area contributed by atoms with Crippen molar-refractivity contribution in [1.29, 1.82) is 0 Å². The van der Waals surface area contributed by atoms with Crippen LogP contribution in [-0.4, -0.2) is 31.6 Å². The summed E-state index contributed by atoms with van der Waals surface area (Å²) in [5.41, 5.74) is 0.120. The van der Waals surface area contributed by atoms with Crippen LogP contribution >= 0.6 is 0 Å². The predicted octanol–water partition coefficient (Wildman–Crippen LogP) is 7.64. The molecule has 244 valence electrons. The van der Waals surface area contributed by atoms with Gasteiger partial charge in [0.05, 0.1) is 11.1 Å². The highest BCUT2D eigenvalue weighted by Crippen LogP contribution is 2.37. The molecule has 0 saturated heterocycles. The molecule has 0 atom stereocenters. The Labute approximate surface area is 265 Å². The summed E-state index contributed by atoms with van der Waals surface area (Å²) in [4.78, 5) is 36.0. The number of rotatable bonds is 7. The van der Waals surface area contributed by atoms with Crippen LogP contribution in [0.3, 0.4) is 0 Å². The molecule has 46 heavy (non-hydrogen) atoms. The smallest absolute Gasteiger partial charge is 0.418 e.